The zero-order valence-electron chi connectivity index (χ0n) is 17.4. The number of anilines is 1. The highest BCUT2D eigenvalue weighted by atomic mass is 32.2. The summed E-state index contributed by atoms with van der Waals surface area (Å²) in [5, 5.41) is 9.21. The number of carbonyl (C=O) groups is 1. The first-order valence-electron chi connectivity index (χ1n) is 9.81. The third-order valence-electron chi connectivity index (χ3n) is 5.32. The predicted molar refractivity (Wildman–Crippen MR) is 116 cm³/mol. The number of benzene rings is 1. The van der Waals surface area contributed by atoms with Gasteiger partial charge in [0.25, 0.3) is 0 Å². The first-order chi connectivity index (χ1) is 14.6. The molecule has 0 saturated carbocycles. The summed E-state index contributed by atoms with van der Waals surface area (Å²) in [5.41, 5.74) is 1.98. The maximum atomic E-state index is 12.7. The van der Waals surface area contributed by atoms with Crippen LogP contribution in [0.3, 0.4) is 0 Å². The molecule has 9 heteroatoms. The lowest BCUT2D eigenvalue weighted by Crippen LogP contribution is -2.49. The molecule has 1 aliphatic heterocycles. The van der Waals surface area contributed by atoms with Crippen molar-refractivity contribution < 1.29 is 13.9 Å². The minimum absolute atomic E-state index is 0.115. The van der Waals surface area contributed by atoms with Crippen molar-refractivity contribution in [2.45, 2.75) is 12.1 Å². The Morgan fingerprint density at radius 1 is 1.17 bits per heavy atom. The van der Waals surface area contributed by atoms with Crippen molar-refractivity contribution >= 4 is 23.4 Å². The summed E-state index contributed by atoms with van der Waals surface area (Å²) in [7, 11) is 3.59. The van der Waals surface area contributed by atoms with Crippen LogP contribution >= 0.6 is 11.8 Å². The monoisotopic (exact) mass is 427 g/mol. The second-order valence-electron chi connectivity index (χ2n) is 7.08. The van der Waals surface area contributed by atoms with Crippen LogP contribution in [0.2, 0.25) is 0 Å². The van der Waals surface area contributed by atoms with E-state index in [0.717, 1.165) is 41.7 Å². The van der Waals surface area contributed by atoms with E-state index in [1.807, 2.05) is 47.7 Å². The zero-order valence-corrected chi connectivity index (χ0v) is 18.2. The number of furan rings is 1. The number of ether oxygens (including phenoxy) is 1. The summed E-state index contributed by atoms with van der Waals surface area (Å²) < 4.78 is 12.7. The molecule has 3 heterocycles. The second kappa shape index (κ2) is 8.83. The molecule has 0 atom stereocenters. The van der Waals surface area contributed by atoms with E-state index in [9.17, 15) is 4.79 Å². The Labute approximate surface area is 179 Å². The third kappa shape index (κ3) is 4.02. The van der Waals surface area contributed by atoms with Crippen LogP contribution in [0.15, 0.2) is 46.2 Å². The van der Waals surface area contributed by atoms with Gasteiger partial charge in [-0.3, -0.25) is 4.79 Å². The van der Waals surface area contributed by atoms with Crippen LogP contribution < -0.4 is 9.64 Å². The van der Waals surface area contributed by atoms with Gasteiger partial charge in [0, 0.05) is 33.2 Å². The number of aromatic nitrogens is 3. The van der Waals surface area contributed by atoms with Gasteiger partial charge < -0.3 is 23.5 Å². The number of para-hydroxylation sites is 2. The third-order valence-corrected chi connectivity index (χ3v) is 6.32. The van der Waals surface area contributed by atoms with Crippen molar-refractivity contribution in [2.75, 3.05) is 43.9 Å². The highest BCUT2D eigenvalue weighted by Gasteiger charge is 2.23. The van der Waals surface area contributed by atoms with E-state index < -0.39 is 0 Å². The average molecular weight is 428 g/mol. The molecule has 0 unspecified atom stereocenters. The molecule has 0 bridgehead atoms. The molecule has 3 aromatic rings. The van der Waals surface area contributed by atoms with Gasteiger partial charge in [-0.05, 0) is 25.1 Å². The molecule has 2 aromatic heterocycles. The maximum Gasteiger partial charge on any atom is 0.233 e. The fraction of sp³-hybridized carbons (Fsp3) is 0.381. The zero-order chi connectivity index (χ0) is 21.1. The van der Waals surface area contributed by atoms with Crippen molar-refractivity contribution in [3.05, 3.63) is 42.4 Å². The molecule has 158 valence electrons. The van der Waals surface area contributed by atoms with Crippen molar-refractivity contribution in [3.8, 4) is 17.1 Å². The molecule has 8 nitrogen and oxygen atoms in total. The van der Waals surface area contributed by atoms with E-state index in [4.69, 9.17) is 9.15 Å². The average Bonchev–Trinajstić information content (AvgIpc) is 3.36. The summed E-state index contributed by atoms with van der Waals surface area (Å²) in [6.07, 6.45) is 1.64. The molecule has 0 N–H and O–H groups in total. The number of rotatable bonds is 6. The molecule has 1 aromatic carbocycles. The lowest BCUT2D eigenvalue weighted by atomic mass is 10.2. The largest absolute Gasteiger partial charge is 0.495 e. The number of thioether (sulfide) groups is 1. The van der Waals surface area contributed by atoms with Crippen molar-refractivity contribution in [1.82, 2.24) is 19.7 Å². The first-order valence-corrected chi connectivity index (χ1v) is 10.8. The van der Waals surface area contributed by atoms with Gasteiger partial charge in [0.05, 0.1) is 30.4 Å². The van der Waals surface area contributed by atoms with E-state index in [1.165, 1.54) is 11.8 Å². The lowest BCUT2D eigenvalue weighted by Gasteiger charge is -2.36. The van der Waals surface area contributed by atoms with Crippen LogP contribution in [-0.2, 0) is 11.8 Å². The summed E-state index contributed by atoms with van der Waals surface area (Å²) in [4.78, 5) is 16.9. The van der Waals surface area contributed by atoms with Gasteiger partial charge in [-0.1, -0.05) is 23.9 Å². The summed E-state index contributed by atoms with van der Waals surface area (Å²) in [5.74, 6) is 2.85. The molecule has 4 rings (SSSR count). The highest BCUT2D eigenvalue weighted by Crippen LogP contribution is 2.29. The number of nitrogens with zero attached hydrogens (tertiary/aromatic N) is 5. The van der Waals surface area contributed by atoms with Gasteiger partial charge in [0.1, 0.15) is 11.5 Å². The van der Waals surface area contributed by atoms with Gasteiger partial charge in [0.2, 0.25) is 5.91 Å². The Morgan fingerprint density at radius 2 is 1.93 bits per heavy atom. The number of amides is 1. The van der Waals surface area contributed by atoms with Gasteiger partial charge in [0.15, 0.2) is 11.0 Å². The molecule has 1 aliphatic rings. The van der Waals surface area contributed by atoms with Crippen LogP contribution in [0, 0.1) is 6.92 Å². The van der Waals surface area contributed by atoms with Crippen molar-refractivity contribution in [3.63, 3.8) is 0 Å². The maximum absolute atomic E-state index is 12.7. The Morgan fingerprint density at radius 3 is 2.63 bits per heavy atom. The van der Waals surface area contributed by atoms with Gasteiger partial charge in [-0.25, -0.2) is 0 Å². The predicted octanol–water partition coefficient (Wildman–Crippen LogP) is 2.83. The molecule has 1 amide bonds. The van der Waals surface area contributed by atoms with Crippen LogP contribution in [-0.4, -0.2) is 64.6 Å². The fourth-order valence-corrected chi connectivity index (χ4v) is 4.41. The lowest BCUT2D eigenvalue weighted by molar-refractivity contribution is -0.128. The Bertz CT molecular complexity index is 1020. The van der Waals surface area contributed by atoms with E-state index in [2.05, 4.69) is 21.2 Å². The van der Waals surface area contributed by atoms with E-state index >= 15 is 0 Å². The Kier molecular flexibility index (Phi) is 5.98. The molecule has 1 saturated heterocycles. The van der Waals surface area contributed by atoms with Crippen molar-refractivity contribution in [2.24, 2.45) is 7.05 Å². The molecule has 0 spiro atoms. The molecule has 0 aliphatic carbocycles. The van der Waals surface area contributed by atoms with Crippen LogP contribution in [0.25, 0.3) is 11.4 Å². The number of aryl methyl sites for hydroxylation is 1. The van der Waals surface area contributed by atoms with E-state index in [1.54, 1.807) is 13.4 Å². The standard InChI is InChI=1S/C21H25N5O3S/c1-15-16(8-13-29-15)20-22-23-21(24(20)2)30-14-19(27)26-11-9-25(10-12-26)17-6-4-5-7-18(17)28-3/h4-8,13H,9-12,14H2,1-3H3. The van der Waals surface area contributed by atoms with Gasteiger partial charge >= 0.3 is 0 Å². The normalized spacial score (nSPS) is 14.2. The minimum atomic E-state index is 0.115. The van der Waals surface area contributed by atoms with Crippen LogP contribution in [0.1, 0.15) is 5.76 Å². The number of hydrogen-bond donors (Lipinski definition) is 0. The van der Waals surface area contributed by atoms with Gasteiger partial charge in [-0.2, -0.15) is 0 Å². The quantitative estimate of drug-likeness (QED) is 0.560. The summed E-state index contributed by atoms with van der Waals surface area (Å²) in [6, 6.07) is 9.86. The number of carbonyl (C=O) groups excluding carboxylic acids is 1. The summed E-state index contributed by atoms with van der Waals surface area (Å²) in [6.45, 7) is 4.84. The van der Waals surface area contributed by atoms with Crippen molar-refractivity contribution in [1.29, 1.82) is 0 Å². The number of hydrogen-bond acceptors (Lipinski definition) is 7. The van der Waals surface area contributed by atoms with Gasteiger partial charge in [-0.15, -0.1) is 10.2 Å². The van der Waals surface area contributed by atoms with E-state index in [0.29, 0.717) is 24.0 Å². The molecular weight excluding hydrogens is 402 g/mol. The molecular formula is C21H25N5O3S. The Balaban J connectivity index is 1.33. The fourth-order valence-electron chi connectivity index (χ4n) is 3.60. The number of methoxy groups -OCH3 is 1. The smallest absolute Gasteiger partial charge is 0.233 e. The SMILES string of the molecule is COc1ccccc1N1CCN(C(=O)CSc2nnc(-c3ccoc3C)n2C)CC1. The molecule has 30 heavy (non-hydrogen) atoms. The summed E-state index contributed by atoms with van der Waals surface area (Å²) >= 11 is 1.41. The van der Waals surface area contributed by atoms with Crippen LogP contribution in [0.4, 0.5) is 5.69 Å². The Hall–Kier alpha value is -2.94. The highest BCUT2D eigenvalue weighted by molar-refractivity contribution is 7.99. The first kappa shape index (κ1) is 20.3. The van der Waals surface area contributed by atoms with E-state index in [-0.39, 0.29) is 5.91 Å². The number of piperazine rings is 1. The molecule has 1 fully saturated rings. The minimum Gasteiger partial charge on any atom is -0.495 e. The second-order valence-corrected chi connectivity index (χ2v) is 8.03. The molecule has 0 radical (unpaired) electrons. The van der Waals surface area contributed by atoms with Crippen LogP contribution in [0.5, 0.6) is 5.75 Å². The topological polar surface area (TPSA) is 76.6 Å².